The number of nitrogens with zero attached hydrogens (tertiary/aromatic N) is 1. The Kier molecular flexibility index (Phi) is 7.01. The van der Waals surface area contributed by atoms with Gasteiger partial charge in [-0.2, -0.15) is 0 Å². The number of primary amides is 1. The standard InChI is InChI=1S/C21H22FN3O5S/c1-12(18(27)24-19-16(17(23)26)8-11-31-19)30-21(29)14-6-9-25(10-7-14)20(28)13-2-4-15(22)5-3-13/h2-5,8,11-12,14H,6-7,9-10H2,1H3,(H2,23,26)(H,24,27)/t12-/m1/s1. The number of rotatable bonds is 6. The van der Waals surface area contributed by atoms with Gasteiger partial charge < -0.3 is 20.7 Å². The van der Waals surface area contributed by atoms with Crippen LogP contribution >= 0.6 is 11.3 Å². The highest BCUT2D eigenvalue weighted by molar-refractivity contribution is 7.14. The fourth-order valence-electron chi connectivity index (χ4n) is 3.23. The lowest BCUT2D eigenvalue weighted by atomic mass is 9.96. The minimum absolute atomic E-state index is 0.190. The van der Waals surface area contributed by atoms with Crippen molar-refractivity contribution in [3.63, 3.8) is 0 Å². The van der Waals surface area contributed by atoms with E-state index in [9.17, 15) is 23.6 Å². The SMILES string of the molecule is C[C@@H](OC(=O)C1CCN(C(=O)c2ccc(F)cc2)CC1)C(=O)Nc1sccc1C(N)=O. The van der Waals surface area contributed by atoms with Crippen LogP contribution in [-0.4, -0.2) is 47.8 Å². The predicted molar refractivity (Wildman–Crippen MR) is 112 cm³/mol. The number of nitrogens with one attached hydrogen (secondary N) is 1. The second-order valence-corrected chi connectivity index (χ2v) is 8.09. The van der Waals surface area contributed by atoms with E-state index >= 15 is 0 Å². The van der Waals surface area contributed by atoms with Gasteiger partial charge in [0.15, 0.2) is 6.10 Å². The van der Waals surface area contributed by atoms with Crippen molar-refractivity contribution in [1.29, 1.82) is 0 Å². The Bertz CT molecular complexity index is 983. The molecule has 3 N–H and O–H groups in total. The van der Waals surface area contributed by atoms with Gasteiger partial charge in [-0.1, -0.05) is 0 Å². The molecule has 1 aromatic heterocycles. The monoisotopic (exact) mass is 447 g/mol. The number of ether oxygens (including phenoxy) is 1. The first kappa shape index (κ1) is 22.4. The van der Waals surface area contributed by atoms with E-state index in [1.165, 1.54) is 37.3 Å². The van der Waals surface area contributed by atoms with Crippen molar-refractivity contribution in [2.75, 3.05) is 18.4 Å². The zero-order chi connectivity index (χ0) is 22.5. The van der Waals surface area contributed by atoms with Crippen molar-refractivity contribution in [2.24, 2.45) is 11.7 Å². The topological polar surface area (TPSA) is 119 Å². The third-order valence-corrected chi connectivity index (χ3v) is 5.87. The van der Waals surface area contributed by atoms with E-state index < -0.39 is 35.6 Å². The van der Waals surface area contributed by atoms with E-state index in [0.29, 0.717) is 36.5 Å². The molecule has 0 spiro atoms. The highest BCUT2D eigenvalue weighted by Gasteiger charge is 2.31. The highest BCUT2D eigenvalue weighted by Crippen LogP contribution is 2.24. The molecule has 8 nitrogen and oxygen atoms in total. The number of esters is 1. The molecule has 1 atom stereocenters. The Balaban J connectivity index is 1.49. The maximum atomic E-state index is 13.0. The van der Waals surface area contributed by atoms with E-state index in [4.69, 9.17) is 10.5 Å². The largest absolute Gasteiger partial charge is 0.452 e. The molecule has 1 saturated heterocycles. The molecule has 3 rings (SSSR count). The van der Waals surface area contributed by atoms with Crippen molar-refractivity contribution in [3.8, 4) is 0 Å². The van der Waals surface area contributed by atoms with Crippen molar-refractivity contribution < 1.29 is 28.3 Å². The number of amides is 3. The van der Waals surface area contributed by atoms with E-state index in [0.717, 1.165) is 11.3 Å². The number of anilines is 1. The fourth-order valence-corrected chi connectivity index (χ4v) is 4.03. The fraction of sp³-hybridized carbons (Fsp3) is 0.333. The van der Waals surface area contributed by atoms with Crippen LogP contribution in [-0.2, 0) is 14.3 Å². The molecule has 2 heterocycles. The van der Waals surface area contributed by atoms with Crippen LogP contribution in [0.4, 0.5) is 9.39 Å². The van der Waals surface area contributed by atoms with E-state index in [-0.39, 0.29) is 11.5 Å². The summed E-state index contributed by atoms with van der Waals surface area (Å²) in [7, 11) is 0. The van der Waals surface area contributed by atoms with Crippen LogP contribution in [0.25, 0.3) is 0 Å². The molecule has 10 heteroatoms. The molecule has 1 aliphatic heterocycles. The zero-order valence-electron chi connectivity index (χ0n) is 16.8. The third kappa shape index (κ3) is 5.46. The molecule has 0 radical (unpaired) electrons. The molecule has 1 aromatic carbocycles. The summed E-state index contributed by atoms with van der Waals surface area (Å²) < 4.78 is 18.3. The van der Waals surface area contributed by atoms with Crippen molar-refractivity contribution in [2.45, 2.75) is 25.9 Å². The molecule has 1 aliphatic rings. The first-order chi connectivity index (χ1) is 14.8. The first-order valence-electron chi connectivity index (χ1n) is 9.69. The molecule has 164 valence electrons. The van der Waals surface area contributed by atoms with Crippen molar-refractivity contribution in [3.05, 3.63) is 52.7 Å². The molecule has 0 bridgehead atoms. The molecule has 3 amide bonds. The molecule has 0 saturated carbocycles. The number of carbonyl (C=O) groups is 4. The summed E-state index contributed by atoms with van der Waals surface area (Å²) in [4.78, 5) is 50.2. The van der Waals surface area contributed by atoms with Crippen LogP contribution in [0.5, 0.6) is 0 Å². The summed E-state index contributed by atoms with van der Waals surface area (Å²) in [5, 5.41) is 4.46. The predicted octanol–water partition coefficient (Wildman–Crippen LogP) is 2.41. The smallest absolute Gasteiger partial charge is 0.309 e. The number of nitrogens with two attached hydrogens (primary N) is 1. The van der Waals surface area contributed by atoms with Gasteiger partial charge in [0.2, 0.25) is 0 Å². The lowest BCUT2D eigenvalue weighted by Crippen LogP contribution is -2.41. The minimum atomic E-state index is -1.06. The second kappa shape index (κ2) is 9.69. The van der Waals surface area contributed by atoms with Gasteiger partial charge in [-0.05, 0) is 55.5 Å². The van der Waals surface area contributed by atoms with Gasteiger partial charge in [0.1, 0.15) is 10.8 Å². The van der Waals surface area contributed by atoms with Crippen LogP contribution in [0, 0.1) is 11.7 Å². The molecular weight excluding hydrogens is 425 g/mol. The summed E-state index contributed by atoms with van der Waals surface area (Å²) in [6.45, 7) is 2.15. The van der Waals surface area contributed by atoms with Crippen molar-refractivity contribution in [1.82, 2.24) is 4.90 Å². The highest BCUT2D eigenvalue weighted by atomic mass is 32.1. The zero-order valence-corrected chi connectivity index (χ0v) is 17.6. The Labute approximate surface area is 182 Å². The normalized spacial score (nSPS) is 15.2. The Hall–Kier alpha value is -3.27. The molecule has 2 aromatic rings. The van der Waals surface area contributed by atoms with Crippen LogP contribution in [0.1, 0.15) is 40.5 Å². The van der Waals surface area contributed by atoms with Gasteiger partial charge in [-0.3, -0.25) is 19.2 Å². The van der Waals surface area contributed by atoms with E-state index in [1.807, 2.05) is 0 Å². The Morgan fingerprint density at radius 1 is 1.16 bits per heavy atom. The molecule has 31 heavy (non-hydrogen) atoms. The first-order valence-corrected chi connectivity index (χ1v) is 10.6. The lowest BCUT2D eigenvalue weighted by molar-refractivity contribution is -0.158. The number of halogens is 1. The van der Waals surface area contributed by atoms with Gasteiger partial charge in [-0.25, -0.2) is 4.39 Å². The van der Waals surface area contributed by atoms with Crippen molar-refractivity contribution >= 4 is 40.0 Å². The average molecular weight is 447 g/mol. The van der Waals surface area contributed by atoms with Crippen LogP contribution in [0.15, 0.2) is 35.7 Å². The van der Waals surface area contributed by atoms with E-state index in [1.54, 1.807) is 10.3 Å². The molecule has 0 aliphatic carbocycles. The second-order valence-electron chi connectivity index (χ2n) is 7.17. The third-order valence-electron chi connectivity index (χ3n) is 5.04. The van der Waals surface area contributed by atoms with Crippen LogP contribution < -0.4 is 11.1 Å². The van der Waals surface area contributed by atoms with Gasteiger partial charge in [-0.15, -0.1) is 11.3 Å². The Morgan fingerprint density at radius 2 is 1.81 bits per heavy atom. The van der Waals surface area contributed by atoms with Gasteiger partial charge in [0, 0.05) is 18.7 Å². The Morgan fingerprint density at radius 3 is 2.42 bits per heavy atom. The summed E-state index contributed by atoms with van der Waals surface area (Å²) in [5.74, 6) is -2.82. The number of likely N-dealkylation sites (tertiary alicyclic amines) is 1. The molecular formula is C21H22FN3O5S. The quantitative estimate of drug-likeness (QED) is 0.659. The van der Waals surface area contributed by atoms with Crippen LogP contribution in [0.3, 0.4) is 0 Å². The van der Waals surface area contributed by atoms with Gasteiger partial charge >= 0.3 is 5.97 Å². The molecule has 1 fully saturated rings. The number of hydrogen-bond donors (Lipinski definition) is 2. The van der Waals surface area contributed by atoms with Gasteiger partial charge in [0.05, 0.1) is 11.5 Å². The summed E-state index contributed by atoms with van der Waals surface area (Å²) >= 11 is 1.14. The number of hydrogen-bond acceptors (Lipinski definition) is 6. The number of piperidine rings is 1. The number of carbonyl (C=O) groups excluding carboxylic acids is 4. The van der Waals surface area contributed by atoms with E-state index in [2.05, 4.69) is 5.32 Å². The minimum Gasteiger partial charge on any atom is -0.452 e. The van der Waals surface area contributed by atoms with Crippen LogP contribution in [0.2, 0.25) is 0 Å². The summed E-state index contributed by atoms with van der Waals surface area (Å²) in [6, 6.07) is 6.81. The lowest BCUT2D eigenvalue weighted by Gasteiger charge is -2.31. The average Bonchev–Trinajstić information content (AvgIpc) is 3.22. The maximum absolute atomic E-state index is 13.0. The summed E-state index contributed by atoms with van der Waals surface area (Å²) in [5.41, 5.74) is 5.83. The summed E-state index contributed by atoms with van der Waals surface area (Å²) in [6.07, 6.45) is -0.262. The van der Waals surface area contributed by atoms with Gasteiger partial charge in [0.25, 0.3) is 17.7 Å². The number of thiophene rings is 1. The maximum Gasteiger partial charge on any atom is 0.309 e. The molecule has 0 unspecified atom stereocenters. The number of benzene rings is 1.